The molecule has 96 valence electrons. The number of halogens is 1. The third kappa shape index (κ3) is 2.79. The molecule has 0 atom stereocenters. The first kappa shape index (κ1) is 12.8. The highest BCUT2D eigenvalue weighted by Gasteiger charge is 2.07. The van der Waals surface area contributed by atoms with E-state index in [1.54, 1.807) is 18.7 Å². The highest BCUT2D eigenvalue weighted by molar-refractivity contribution is 9.10. The molecule has 0 aromatic carbocycles. The lowest BCUT2D eigenvalue weighted by Crippen LogP contribution is -2.24. The average Bonchev–Trinajstić information content (AvgIpc) is 2.88. The van der Waals surface area contributed by atoms with Crippen LogP contribution in [-0.4, -0.2) is 26.3 Å². The van der Waals surface area contributed by atoms with Crippen molar-refractivity contribution in [2.24, 2.45) is 0 Å². The lowest BCUT2D eigenvalue weighted by atomic mass is 10.3. The minimum Gasteiger partial charge on any atom is -0.382 e. The van der Waals surface area contributed by atoms with Crippen LogP contribution in [0, 0.1) is 0 Å². The fourth-order valence-corrected chi connectivity index (χ4v) is 2.01. The van der Waals surface area contributed by atoms with Crippen molar-refractivity contribution in [3.8, 4) is 0 Å². The van der Waals surface area contributed by atoms with Crippen LogP contribution < -0.4 is 10.9 Å². The van der Waals surface area contributed by atoms with Crippen molar-refractivity contribution in [2.75, 3.05) is 11.9 Å². The maximum atomic E-state index is 11.8. The van der Waals surface area contributed by atoms with Gasteiger partial charge in [-0.25, -0.2) is 9.67 Å². The summed E-state index contributed by atoms with van der Waals surface area (Å²) in [5, 5.41) is 7.24. The molecule has 0 fully saturated rings. The van der Waals surface area contributed by atoms with Crippen LogP contribution in [0.15, 0.2) is 28.0 Å². The summed E-state index contributed by atoms with van der Waals surface area (Å²) in [7, 11) is 0. The van der Waals surface area contributed by atoms with Crippen LogP contribution in [0.2, 0.25) is 0 Å². The van der Waals surface area contributed by atoms with E-state index in [4.69, 9.17) is 0 Å². The number of aromatic nitrogens is 4. The maximum Gasteiger partial charge on any atom is 0.283 e. The number of aryl methyl sites for hydroxylation is 1. The molecule has 0 spiro atoms. The molecule has 6 nitrogen and oxygen atoms in total. The van der Waals surface area contributed by atoms with Gasteiger partial charge >= 0.3 is 0 Å². The third-order valence-corrected chi connectivity index (χ3v) is 3.32. The Kier molecular flexibility index (Phi) is 4.14. The summed E-state index contributed by atoms with van der Waals surface area (Å²) in [6.45, 7) is 3.15. The molecule has 7 heteroatoms. The van der Waals surface area contributed by atoms with E-state index >= 15 is 0 Å². The van der Waals surface area contributed by atoms with Crippen LogP contribution in [0.5, 0.6) is 0 Å². The van der Waals surface area contributed by atoms with Crippen LogP contribution >= 0.6 is 15.9 Å². The summed E-state index contributed by atoms with van der Waals surface area (Å²) in [5.41, 5.74) is 1.64. The van der Waals surface area contributed by atoms with Gasteiger partial charge in [0.1, 0.15) is 4.47 Å². The molecular formula is C11H14BrN5O. The largest absolute Gasteiger partial charge is 0.382 e. The van der Waals surface area contributed by atoms with Crippen molar-refractivity contribution < 1.29 is 0 Å². The van der Waals surface area contributed by atoms with E-state index in [9.17, 15) is 4.79 Å². The zero-order valence-electron chi connectivity index (χ0n) is 9.98. The van der Waals surface area contributed by atoms with E-state index in [1.165, 1.54) is 4.68 Å². The van der Waals surface area contributed by atoms with Crippen molar-refractivity contribution in [1.29, 1.82) is 0 Å². The van der Waals surface area contributed by atoms with Gasteiger partial charge in [0.25, 0.3) is 5.56 Å². The molecule has 0 aliphatic heterocycles. The first-order chi connectivity index (χ1) is 8.72. The molecule has 0 saturated carbocycles. The summed E-state index contributed by atoms with van der Waals surface area (Å²) in [4.78, 5) is 18.8. The van der Waals surface area contributed by atoms with E-state index in [0.29, 0.717) is 23.2 Å². The minimum atomic E-state index is -0.121. The molecule has 2 N–H and O–H groups in total. The fraction of sp³-hybridized carbons (Fsp3) is 0.364. The number of rotatable bonds is 5. The van der Waals surface area contributed by atoms with E-state index in [-0.39, 0.29) is 5.56 Å². The van der Waals surface area contributed by atoms with Gasteiger partial charge < -0.3 is 10.3 Å². The number of H-pyrrole nitrogens is 1. The Hall–Kier alpha value is -1.63. The maximum absolute atomic E-state index is 11.8. The lowest BCUT2D eigenvalue weighted by Gasteiger charge is -2.08. The fourth-order valence-electron chi connectivity index (χ4n) is 1.57. The summed E-state index contributed by atoms with van der Waals surface area (Å²) in [6.07, 6.45) is 5.89. The first-order valence-corrected chi connectivity index (χ1v) is 6.48. The molecule has 0 radical (unpaired) electrons. The molecule has 2 aromatic rings. The molecule has 2 aromatic heterocycles. The highest BCUT2D eigenvalue weighted by atomic mass is 79.9. The van der Waals surface area contributed by atoms with Crippen molar-refractivity contribution in [3.05, 3.63) is 39.2 Å². The zero-order valence-corrected chi connectivity index (χ0v) is 11.6. The predicted molar refractivity (Wildman–Crippen MR) is 72.7 cm³/mol. The number of hydrogen-bond donors (Lipinski definition) is 2. The SMILES string of the molecule is CCn1ncc(NCCc2cnc[nH]2)c(Br)c1=O. The molecular weight excluding hydrogens is 298 g/mol. The predicted octanol–water partition coefficient (Wildman–Crippen LogP) is 1.40. The smallest absolute Gasteiger partial charge is 0.283 e. The molecule has 0 aliphatic carbocycles. The summed E-state index contributed by atoms with van der Waals surface area (Å²) in [5.74, 6) is 0. The van der Waals surface area contributed by atoms with E-state index < -0.39 is 0 Å². The number of imidazole rings is 1. The molecule has 0 aliphatic rings. The molecule has 2 rings (SSSR count). The second-order valence-corrected chi connectivity index (χ2v) is 4.54. The van der Waals surface area contributed by atoms with Gasteiger partial charge in [-0.15, -0.1) is 0 Å². The second-order valence-electron chi connectivity index (χ2n) is 3.75. The summed E-state index contributed by atoms with van der Waals surface area (Å²) < 4.78 is 1.92. The lowest BCUT2D eigenvalue weighted by molar-refractivity contribution is 0.613. The molecule has 2 heterocycles. The third-order valence-electron chi connectivity index (χ3n) is 2.55. The van der Waals surface area contributed by atoms with Crippen molar-refractivity contribution in [2.45, 2.75) is 19.9 Å². The van der Waals surface area contributed by atoms with Crippen LogP contribution in [0.1, 0.15) is 12.6 Å². The first-order valence-electron chi connectivity index (χ1n) is 5.69. The average molecular weight is 312 g/mol. The Morgan fingerprint density at radius 3 is 3.00 bits per heavy atom. The van der Waals surface area contributed by atoms with Gasteiger partial charge in [0.15, 0.2) is 0 Å². The van der Waals surface area contributed by atoms with E-state index in [2.05, 4.69) is 36.3 Å². The summed E-state index contributed by atoms with van der Waals surface area (Å²) >= 11 is 3.29. The van der Waals surface area contributed by atoms with Gasteiger partial charge in [0.05, 0.1) is 18.2 Å². The Labute approximate surface area is 113 Å². The number of nitrogens with one attached hydrogen (secondary N) is 2. The highest BCUT2D eigenvalue weighted by Crippen LogP contribution is 2.15. The summed E-state index contributed by atoms with van der Waals surface area (Å²) in [6, 6.07) is 0. The van der Waals surface area contributed by atoms with Gasteiger partial charge in [-0.2, -0.15) is 5.10 Å². The Balaban J connectivity index is 2.02. The van der Waals surface area contributed by atoms with E-state index in [0.717, 1.165) is 12.1 Å². The van der Waals surface area contributed by atoms with E-state index in [1.807, 2.05) is 6.92 Å². The topological polar surface area (TPSA) is 75.6 Å². The monoisotopic (exact) mass is 311 g/mol. The molecule has 0 unspecified atom stereocenters. The van der Waals surface area contributed by atoms with Crippen LogP contribution in [0.25, 0.3) is 0 Å². The van der Waals surface area contributed by atoms with Crippen LogP contribution in [0.4, 0.5) is 5.69 Å². The normalized spacial score (nSPS) is 10.6. The Morgan fingerprint density at radius 2 is 2.33 bits per heavy atom. The Bertz CT molecular complexity index is 563. The Morgan fingerprint density at radius 1 is 1.50 bits per heavy atom. The van der Waals surface area contributed by atoms with Crippen LogP contribution in [0.3, 0.4) is 0 Å². The van der Waals surface area contributed by atoms with Crippen molar-refractivity contribution in [1.82, 2.24) is 19.7 Å². The molecule has 0 bridgehead atoms. The van der Waals surface area contributed by atoms with Gasteiger partial charge in [-0.1, -0.05) is 0 Å². The molecule has 0 amide bonds. The second kappa shape index (κ2) is 5.81. The number of hydrogen-bond acceptors (Lipinski definition) is 4. The van der Waals surface area contributed by atoms with Gasteiger partial charge in [-0.05, 0) is 22.9 Å². The quantitative estimate of drug-likeness (QED) is 0.875. The molecule has 18 heavy (non-hydrogen) atoms. The number of anilines is 1. The van der Waals surface area contributed by atoms with Crippen molar-refractivity contribution >= 4 is 21.6 Å². The number of aromatic amines is 1. The van der Waals surface area contributed by atoms with Crippen LogP contribution in [-0.2, 0) is 13.0 Å². The minimum absolute atomic E-state index is 0.121. The standard InChI is InChI=1S/C11H14BrN5O/c1-2-17-11(18)10(12)9(6-16-17)14-4-3-8-5-13-7-15-8/h5-7,14H,2-4H2,1H3,(H,13,15). The van der Waals surface area contributed by atoms with Gasteiger partial charge in [0, 0.05) is 31.4 Å². The van der Waals surface area contributed by atoms with Gasteiger partial charge in [0.2, 0.25) is 0 Å². The number of nitrogens with zero attached hydrogens (tertiary/aromatic N) is 3. The van der Waals surface area contributed by atoms with Crippen molar-refractivity contribution in [3.63, 3.8) is 0 Å². The van der Waals surface area contributed by atoms with Gasteiger partial charge in [-0.3, -0.25) is 4.79 Å². The molecule has 0 saturated heterocycles. The zero-order chi connectivity index (χ0) is 13.0.